The molecule has 0 radical (unpaired) electrons. The van der Waals surface area contributed by atoms with Gasteiger partial charge in [-0.25, -0.2) is 17.5 Å². The molecule has 3 nitrogen and oxygen atoms in total. The molecule has 0 aliphatic carbocycles. The van der Waals surface area contributed by atoms with Crippen LogP contribution in [0.3, 0.4) is 0 Å². The third-order valence-electron chi connectivity index (χ3n) is 2.48. The molecule has 0 aromatic heterocycles. The summed E-state index contributed by atoms with van der Waals surface area (Å²) in [5.41, 5.74) is 0. The zero-order valence-electron chi connectivity index (χ0n) is 10.1. The van der Waals surface area contributed by atoms with Gasteiger partial charge in [0.25, 0.3) is 0 Å². The maximum Gasteiger partial charge on any atom is 0.242 e. The Balaban J connectivity index is 2.87. The lowest BCUT2D eigenvalue weighted by Crippen LogP contribution is -2.26. The average molecular weight is 349 g/mol. The molecule has 0 bridgehead atoms. The number of nitrogens with one attached hydrogen (secondary N) is 1. The van der Waals surface area contributed by atoms with Crippen molar-refractivity contribution in [1.82, 2.24) is 4.72 Å². The van der Waals surface area contributed by atoms with Gasteiger partial charge in [0.15, 0.2) is 5.82 Å². The van der Waals surface area contributed by atoms with Crippen molar-refractivity contribution in [2.24, 2.45) is 0 Å². The fraction of sp³-hybridized carbons (Fsp3) is 0.455. The predicted octanol–water partition coefficient (Wildman–Crippen LogP) is 3.82. The van der Waals surface area contributed by atoms with Crippen LogP contribution in [0.1, 0.15) is 19.8 Å². The zero-order valence-corrected chi connectivity index (χ0v) is 13.2. The summed E-state index contributed by atoms with van der Waals surface area (Å²) in [7, 11) is -3.87. The average Bonchev–Trinajstić information content (AvgIpc) is 2.35. The molecule has 0 heterocycles. The molecule has 1 atom stereocenters. The largest absolute Gasteiger partial charge is 0.242 e. The number of sulfonamides is 1. The predicted molar refractivity (Wildman–Crippen MR) is 76.2 cm³/mol. The van der Waals surface area contributed by atoms with Gasteiger partial charge >= 0.3 is 0 Å². The van der Waals surface area contributed by atoms with Gasteiger partial charge in [0, 0.05) is 11.9 Å². The zero-order chi connectivity index (χ0) is 14.6. The van der Waals surface area contributed by atoms with Crippen molar-refractivity contribution < 1.29 is 12.8 Å². The van der Waals surface area contributed by atoms with Crippen molar-refractivity contribution in [3.8, 4) is 0 Å². The molecule has 8 heteroatoms. The first-order valence-corrected chi connectivity index (χ1v) is 8.24. The van der Waals surface area contributed by atoms with E-state index in [0.717, 1.165) is 18.6 Å². The molecule has 0 saturated heterocycles. The summed E-state index contributed by atoms with van der Waals surface area (Å²) in [5.74, 6) is -0.949. The minimum Gasteiger partial charge on any atom is -0.211 e. The fourth-order valence-electron chi connectivity index (χ4n) is 1.35. The summed E-state index contributed by atoms with van der Waals surface area (Å²) in [6, 6.07) is 2.31. The summed E-state index contributed by atoms with van der Waals surface area (Å²) < 4.78 is 39.6. The molecule has 0 spiro atoms. The molecule has 1 aromatic rings. The lowest BCUT2D eigenvalue weighted by atomic mass is 10.2. The van der Waals surface area contributed by atoms with E-state index in [1.165, 1.54) is 0 Å². The number of hydrogen-bond acceptors (Lipinski definition) is 2. The van der Waals surface area contributed by atoms with Crippen molar-refractivity contribution in [2.45, 2.75) is 30.0 Å². The van der Waals surface area contributed by atoms with Gasteiger partial charge in [-0.2, -0.15) is 0 Å². The highest BCUT2D eigenvalue weighted by molar-refractivity contribution is 7.89. The number of alkyl halides is 1. The van der Waals surface area contributed by atoms with Crippen LogP contribution in [0.5, 0.6) is 0 Å². The van der Waals surface area contributed by atoms with E-state index in [9.17, 15) is 12.8 Å². The van der Waals surface area contributed by atoms with E-state index >= 15 is 0 Å². The molecule has 1 rings (SSSR count). The van der Waals surface area contributed by atoms with Crippen molar-refractivity contribution in [3.63, 3.8) is 0 Å². The molecular weight excluding hydrogens is 336 g/mol. The lowest BCUT2D eigenvalue weighted by molar-refractivity contribution is 0.573. The Kier molecular flexibility index (Phi) is 6.33. The molecule has 0 fully saturated rings. The molecule has 1 unspecified atom stereocenters. The summed E-state index contributed by atoms with van der Waals surface area (Å²) in [6.07, 6.45) is 1.21. The molecule has 1 N–H and O–H groups in total. The van der Waals surface area contributed by atoms with Crippen molar-refractivity contribution in [1.29, 1.82) is 0 Å². The molecule has 0 aliphatic heterocycles. The second-order valence-corrected chi connectivity index (χ2v) is 7.00. The van der Waals surface area contributed by atoms with E-state index in [2.05, 4.69) is 4.72 Å². The van der Waals surface area contributed by atoms with Gasteiger partial charge in [0.1, 0.15) is 4.90 Å². The van der Waals surface area contributed by atoms with Gasteiger partial charge in [-0.3, -0.25) is 0 Å². The summed E-state index contributed by atoms with van der Waals surface area (Å²) >= 11 is 17.0. The topological polar surface area (TPSA) is 46.2 Å². The molecular formula is C11H13Cl3FNO2S. The van der Waals surface area contributed by atoms with Gasteiger partial charge in [0.05, 0.1) is 10.0 Å². The van der Waals surface area contributed by atoms with E-state index in [1.807, 2.05) is 6.92 Å². The normalized spacial score (nSPS) is 13.5. The standard InChI is InChI=1S/C11H13Cl3FNO2S/c1-2-7(12)5-6-16-19(17,18)9-4-3-8(13)11(15)10(9)14/h3-4,7,16H,2,5-6H2,1H3. The quantitative estimate of drug-likeness (QED) is 0.627. The fourth-order valence-corrected chi connectivity index (χ4v) is 3.25. The minimum absolute atomic E-state index is 0.111. The first kappa shape index (κ1) is 17.0. The van der Waals surface area contributed by atoms with Crippen molar-refractivity contribution >= 4 is 44.8 Å². The molecule has 19 heavy (non-hydrogen) atoms. The molecule has 1 aromatic carbocycles. The van der Waals surface area contributed by atoms with Crippen LogP contribution in [0.2, 0.25) is 10.0 Å². The number of hydrogen-bond donors (Lipinski definition) is 1. The van der Waals surface area contributed by atoms with Gasteiger partial charge in [-0.15, -0.1) is 11.6 Å². The van der Waals surface area contributed by atoms with E-state index in [4.69, 9.17) is 34.8 Å². The SMILES string of the molecule is CCC(Cl)CCNS(=O)(=O)c1ccc(Cl)c(F)c1Cl. The van der Waals surface area contributed by atoms with Crippen LogP contribution in [-0.4, -0.2) is 20.3 Å². The van der Waals surface area contributed by atoms with Crippen molar-refractivity contribution in [2.75, 3.05) is 6.54 Å². The Bertz CT molecular complexity index is 551. The van der Waals surface area contributed by atoms with Gasteiger partial charge < -0.3 is 0 Å². The van der Waals surface area contributed by atoms with E-state index in [0.29, 0.717) is 6.42 Å². The number of rotatable bonds is 6. The Hall–Kier alpha value is -0.0700. The molecule has 0 aliphatic rings. The van der Waals surface area contributed by atoms with Crippen LogP contribution < -0.4 is 4.72 Å². The minimum atomic E-state index is -3.87. The first-order valence-electron chi connectivity index (χ1n) is 5.56. The van der Waals surface area contributed by atoms with Crippen LogP contribution in [0, 0.1) is 5.82 Å². The highest BCUT2D eigenvalue weighted by Crippen LogP contribution is 2.29. The van der Waals surface area contributed by atoms with Gasteiger partial charge in [0.2, 0.25) is 10.0 Å². The summed E-state index contributed by atoms with van der Waals surface area (Å²) in [6.45, 7) is 2.06. The van der Waals surface area contributed by atoms with E-state index in [1.54, 1.807) is 0 Å². The van der Waals surface area contributed by atoms with Crippen molar-refractivity contribution in [3.05, 3.63) is 28.0 Å². The monoisotopic (exact) mass is 347 g/mol. The maximum absolute atomic E-state index is 13.4. The third-order valence-corrected chi connectivity index (χ3v) is 5.29. The molecule has 0 amide bonds. The van der Waals surface area contributed by atoms with Crippen LogP contribution in [0.4, 0.5) is 4.39 Å². The summed E-state index contributed by atoms with van der Waals surface area (Å²) in [5, 5.41) is -0.853. The van der Waals surface area contributed by atoms with Crippen LogP contribution in [0.15, 0.2) is 17.0 Å². The first-order chi connectivity index (χ1) is 8.79. The maximum atomic E-state index is 13.4. The van der Waals surface area contributed by atoms with Crippen LogP contribution in [-0.2, 0) is 10.0 Å². The highest BCUT2D eigenvalue weighted by Gasteiger charge is 2.21. The second-order valence-electron chi connectivity index (χ2n) is 3.87. The van der Waals surface area contributed by atoms with Crippen LogP contribution in [0.25, 0.3) is 0 Å². The highest BCUT2D eigenvalue weighted by atomic mass is 35.5. The Morgan fingerprint density at radius 2 is 2.00 bits per heavy atom. The van der Waals surface area contributed by atoms with E-state index < -0.39 is 20.9 Å². The Labute approximate surface area is 127 Å². The smallest absolute Gasteiger partial charge is 0.211 e. The Morgan fingerprint density at radius 3 is 2.58 bits per heavy atom. The summed E-state index contributed by atoms with van der Waals surface area (Å²) in [4.78, 5) is -0.335. The molecule has 0 saturated carbocycles. The van der Waals surface area contributed by atoms with Crippen LogP contribution >= 0.6 is 34.8 Å². The van der Waals surface area contributed by atoms with Gasteiger partial charge in [-0.1, -0.05) is 30.1 Å². The van der Waals surface area contributed by atoms with E-state index in [-0.39, 0.29) is 21.8 Å². The third kappa shape index (κ3) is 4.46. The van der Waals surface area contributed by atoms with Gasteiger partial charge in [-0.05, 0) is 25.0 Å². The Morgan fingerprint density at radius 1 is 1.37 bits per heavy atom. The number of benzene rings is 1. The molecule has 108 valence electrons. The number of halogens is 4. The second kappa shape index (κ2) is 7.09. The lowest BCUT2D eigenvalue weighted by Gasteiger charge is -2.10.